The van der Waals surface area contributed by atoms with Gasteiger partial charge in [0.15, 0.2) is 5.82 Å². The smallest absolute Gasteiger partial charge is 0.319 e. The number of ether oxygens (including phenoxy) is 1. The average Bonchev–Trinajstić information content (AvgIpc) is 3.47. The average molecular weight is 696 g/mol. The number of carbonyl (C=O) groups excluding carboxylic acids is 1. The van der Waals surface area contributed by atoms with E-state index in [1.165, 1.54) is 6.08 Å². The molecule has 13 heteroatoms. The number of anilines is 1. The van der Waals surface area contributed by atoms with Crippen LogP contribution >= 0.6 is 27.0 Å². The number of nitrogens with zero attached hydrogens (tertiary/aromatic N) is 7. The fourth-order valence-electron chi connectivity index (χ4n) is 6.44. The molecule has 2 aromatic carbocycles. The molecule has 0 unspecified atom stereocenters. The largest absolute Gasteiger partial charge is 0.462 e. The Bertz CT molecular complexity index is 1810. The van der Waals surface area contributed by atoms with Gasteiger partial charge >= 0.3 is 6.01 Å². The lowest BCUT2D eigenvalue weighted by Gasteiger charge is -2.39. The van der Waals surface area contributed by atoms with Crippen molar-refractivity contribution >= 4 is 60.4 Å². The van der Waals surface area contributed by atoms with Crippen LogP contribution in [0.5, 0.6) is 6.01 Å². The van der Waals surface area contributed by atoms with Gasteiger partial charge in [0, 0.05) is 43.5 Å². The lowest BCUT2D eigenvalue weighted by molar-refractivity contribution is -0.128. The van der Waals surface area contributed by atoms with Crippen LogP contribution in [0.4, 0.5) is 14.6 Å². The summed E-state index contributed by atoms with van der Waals surface area (Å²) in [4.78, 5) is 36.0. The van der Waals surface area contributed by atoms with Crippen molar-refractivity contribution in [2.75, 3.05) is 58.0 Å². The molecule has 2 aliphatic rings. The lowest BCUT2D eigenvalue weighted by atomic mass is 9.97. The van der Waals surface area contributed by atoms with Crippen LogP contribution < -0.4 is 9.64 Å². The molecule has 0 bridgehead atoms. The molecule has 2 aromatic heterocycles. The maximum Gasteiger partial charge on any atom is 0.319 e. The summed E-state index contributed by atoms with van der Waals surface area (Å²) in [5, 5.41) is 2.32. The fourth-order valence-corrected chi connectivity index (χ4v) is 6.44. The molecule has 0 aliphatic carbocycles. The van der Waals surface area contributed by atoms with Gasteiger partial charge in [0.25, 0.3) is 0 Å². The second kappa shape index (κ2) is 16.9. The number of hydrogen-bond donors (Lipinski definition) is 0. The van der Waals surface area contributed by atoms with E-state index in [2.05, 4.69) is 26.8 Å². The molecule has 1 amide bonds. The zero-order valence-electron chi connectivity index (χ0n) is 26.4. The van der Waals surface area contributed by atoms with E-state index in [1.807, 2.05) is 48.2 Å². The second-order valence-electron chi connectivity index (χ2n) is 11.6. The van der Waals surface area contributed by atoms with Crippen LogP contribution in [0.2, 0.25) is 0 Å². The molecule has 9 nitrogen and oxygen atoms in total. The van der Waals surface area contributed by atoms with Crippen LogP contribution in [0.1, 0.15) is 25.8 Å². The van der Waals surface area contributed by atoms with Gasteiger partial charge in [0.05, 0.1) is 5.39 Å². The van der Waals surface area contributed by atoms with E-state index in [0.29, 0.717) is 29.9 Å². The number of rotatable bonds is 8. The number of piperazine rings is 1. The summed E-state index contributed by atoms with van der Waals surface area (Å²) >= 11 is 0. The quantitative estimate of drug-likeness (QED) is 0.163. The van der Waals surface area contributed by atoms with Crippen molar-refractivity contribution in [2.24, 2.45) is 0 Å². The molecule has 2 atom stereocenters. The number of benzene rings is 2. The Morgan fingerprint density at radius 2 is 1.90 bits per heavy atom. The van der Waals surface area contributed by atoms with Gasteiger partial charge in [-0.15, -0.1) is 0 Å². The van der Waals surface area contributed by atoms with Crippen molar-refractivity contribution < 1.29 is 18.3 Å². The first-order valence-electron chi connectivity index (χ1n) is 15.2. The number of alkyl halides is 1. The van der Waals surface area contributed by atoms with E-state index in [-0.39, 0.29) is 83.2 Å². The molecule has 2 aliphatic heterocycles. The second-order valence-corrected chi connectivity index (χ2v) is 11.6. The zero-order valence-corrected chi connectivity index (χ0v) is 28.4. The predicted octanol–water partition coefficient (Wildman–Crippen LogP) is 6.09. The molecular weight excluding hydrogens is 653 g/mol. The third kappa shape index (κ3) is 7.66. The SMILES string of the molecule is C.S.S.[C-]#[N+]C[C@H]1CN(c2nc(OC[C@@H]3CCCN3C)nc3c(F)c(-c4cccc5cccc(C)c45)ncc23)CCN1C(=O)/C=C/CF. The highest BCUT2D eigenvalue weighted by molar-refractivity contribution is 7.59. The summed E-state index contributed by atoms with van der Waals surface area (Å²) in [5.74, 6) is -0.484. The number of allylic oxidation sites excluding steroid dienone is 1. The monoisotopic (exact) mass is 695 g/mol. The lowest BCUT2D eigenvalue weighted by Crippen LogP contribution is -2.56. The maximum atomic E-state index is 16.7. The normalized spacial score (nSPS) is 17.9. The van der Waals surface area contributed by atoms with E-state index < -0.39 is 18.5 Å². The van der Waals surface area contributed by atoms with Crippen LogP contribution in [-0.2, 0) is 4.79 Å². The number of carbonyl (C=O) groups is 1. The Kier molecular flexibility index (Phi) is 13.5. The minimum atomic E-state index is -0.746. The molecule has 0 radical (unpaired) electrons. The van der Waals surface area contributed by atoms with Crippen LogP contribution in [0.25, 0.3) is 37.8 Å². The highest BCUT2D eigenvalue weighted by atomic mass is 32.1. The van der Waals surface area contributed by atoms with E-state index in [0.717, 1.165) is 41.8 Å². The minimum absolute atomic E-state index is 0. The van der Waals surface area contributed by atoms with Crippen LogP contribution in [0, 0.1) is 19.3 Å². The number of aromatic nitrogens is 3. The molecule has 2 fully saturated rings. The number of hydrogen-bond acceptors (Lipinski definition) is 7. The van der Waals surface area contributed by atoms with Crippen LogP contribution in [0.15, 0.2) is 54.7 Å². The van der Waals surface area contributed by atoms with Crippen molar-refractivity contribution in [2.45, 2.75) is 39.3 Å². The van der Waals surface area contributed by atoms with Crippen molar-refractivity contribution in [3.05, 3.63) is 77.5 Å². The highest BCUT2D eigenvalue weighted by Crippen LogP contribution is 2.36. The molecule has 48 heavy (non-hydrogen) atoms. The van der Waals surface area contributed by atoms with Crippen LogP contribution in [0.3, 0.4) is 0 Å². The summed E-state index contributed by atoms with van der Waals surface area (Å²) < 4.78 is 35.5. The minimum Gasteiger partial charge on any atom is -0.462 e. The fraction of sp³-hybridized carbons (Fsp3) is 0.400. The van der Waals surface area contributed by atoms with Gasteiger partial charge in [-0.2, -0.15) is 37.0 Å². The molecule has 0 saturated carbocycles. The number of amides is 1. The molecule has 256 valence electrons. The molecule has 6 rings (SSSR count). The standard InChI is InChI=1S/C34H35F2N7O2.CH4.2H2S/c1-22-8-4-9-23-10-5-12-26(29(22)23)31-30(36)32-27(19-38-31)33(40-34(39-32)45-21-24-11-7-15-41(24)3)42-16-17-43(25(20-42)18-37-2)28(44)13-6-14-35;;;/h4-6,8-10,12-13,19,24-25H,7,11,14-18,20-21H2,1,3H3;1H4;2*1H2/b13-6+;;;/t24-,25-;;;/m0.../s1. The number of fused-ring (bicyclic) bond motifs is 2. The van der Waals surface area contributed by atoms with Crippen LogP contribution in [-0.4, -0.2) is 95.8 Å². The Morgan fingerprint density at radius 1 is 1.12 bits per heavy atom. The maximum absolute atomic E-state index is 16.7. The Balaban J connectivity index is 0.00000208. The highest BCUT2D eigenvalue weighted by Gasteiger charge is 2.34. The van der Waals surface area contributed by atoms with Crippen molar-refractivity contribution in [1.82, 2.24) is 24.8 Å². The molecule has 2 saturated heterocycles. The van der Waals surface area contributed by atoms with Gasteiger partial charge < -0.3 is 24.3 Å². The number of pyridine rings is 1. The third-order valence-corrected chi connectivity index (χ3v) is 8.80. The van der Waals surface area contributed by atoms with E-state index in [1.54, 1.807) is 11.1 Å². The van der Waals surface area contributed by atoms with Gasteiger partial charge in [0.2, 0.25) is 12.5 Å². The van der Waals surface area contributed by atoms with Gasteiger partial charge in [-0.05, 0) is 55.8 Å². The summed E-state index contributed by atoms with van der Waals surface area (Å²) in [6, 6.07) is 11.5. The van der Waals surface area contributed by atoms with E-state index >= 15 is 4.39 Å². The number of aryl methyl sites for hydroxylation is 1. The Hall–Kier alpha value is -3.99. The van der Waals surface area contributed by atoms with Gasteiger partial charge in [0.1, 0.15) is 36.4 Å². The number of likely N-dealkylation sites (N-methyl/N-ethyl adjacent to an activating group) is 1. The summed E-state index contributed by atoms with van der Waals surface area (Å²) in [6.45, 7) is 11.1. The first kappa shape index (κ1) is 38.5. The third-order valence-electron chi connectivity index (χ3n) is 8.80. The summed E-state index contributed by atoms with van der Waals surface area (Å²) in [5.41, 5.74) is 1.97. The van der Waals surface area contributed by atoms with Gasteiger partial charge in [-0.3, -0.25) is 9.78 Å². The Labute approximate surface area is 294 Å². The summed E-state index contributed by atoms with van der Waals surface area (Å²) in [7, 11) is 2.05. The molecule has 0 spiro atoms. The Morgan fingerprint density at radius 3 is 2.60 bits per heavy atom. The number of halogens is 2. The first-order chi connectivity index (χ1) is 21.9. The van der Waals surface area contributed by atoms with E-state index in [9.17, 15) is 9.18 Å². The van der Waals surface area contributed by atoms with E-state index in [4.69, 9.17) is 16.3 Å². The molecule has 0 N–H and O–H groups in total. The van der Waals surface area contributed by atoms with Crippen molar-refractivity contribution in [3.8, 4) is 17.3 Å². The van der Waals surface area contributed by atoms with Crippen molar-refractivity contribution in [1.29, 1.82) is 0 Å². The number of likely N-dealkylation sites (tertiary alicyclic amines) is 1. The molecular formula is C35H43F2N7O2S2. The van der Waals surface area contributed by atoms with Crippen molar-refractivity contribution in [3.63, 3.8) is 0 Å². The first-order valence-corrected chi connectivity index (χ1v) is 15.2. The zero-order chi connectivity index (χ0) is 31.5. The summed E-state index contributed by atoms with van der Waals surface area (Å²) in [6.07, 6.45) is 6.03. The topological polar surface area (TPSA) is 79.1 Å². The van der Waals surface area contributed by atoms with Gasteiger partial charge in [-0.25, -0.2) is 15.4 Å². The predicted molar refractivity (Wildman–Crippen MR) is 198 cm³/mol. The molecule has 4 heterocycles. The molecule has 4 aromatic rings. The van der Waals surface area contributed by atoms with Gasteiger partial charge in [-0.1, -0.05) is 43.8 Å².